The highest BCUT2D eigenvalue weighted by Crippen LogP contribution is 2.27. The van der Waals surface area contributed by atoms with Crippen LogP contribution in [-0.2, 0) is 6.54 Å². The minimum absolute atomic E-state index is 0.0132. The van der Waals surface area contributed by atoms with E-state index in [1.807, 2.05) is 44.4 Å². The van der Waals surface area contributed by atoms with Crippen LogP contribution in [0.3, 0.4) is 0 Å². The summed E-state index contributed by atoms with van der Waals surface area (Å²) in [7, 11) is 2.03. The highest BCUT2D eigenvalue weighted by Gasteiger charge is 2.34. The summed E-state index contributed by atoms with van der Waals surface area (Å²) in [6.07, 6.45) is 8.39. The number of rotatable bonds is 6. The van der Waals surface area contributed by atoms with Gasteiger partial charge in [-0.05, 0) is 43.8 Å². The number of aliphatic hydroxyl groups excluding tert-OH is 1. The normalized spacial score (nSPS) is 18.4. The molecule has 1 N–H and O–H groups in total. The molecule has 4 rings (SSSR count). The Kier molecular flexibility index (Phi) is 8.26. The maximum atomic E-state index is 13.6. The van der Waals surface area contributed by atoms with Crippen LogP contribution < -0.4 is 4.74 Å². The van der Waals surface area contributed by atoms with Gasteiger partial charge < -0.3 is 14.7 Å². The molecule has 3 aromatic heterocycles. The molecule has 186 valence electrons. The zero-order valence-electron chi connectivity index (χ0n) is 20.8. The summed E-state index contributed by atoms with van der Waals surface area (Å²) in [4.78, 5) is 30.2. The van der Waals surface area contributed by atoms with E-state index >= 15 is 0 Å². The molecule has 1 aliphatic heterocycles. The minimum Gasteiger partial charge on any atom is -0.472 e. The van der Waals surface area contributed by atoms with Crippen LogP contribution in [0.4, 0.5) is 0 Å². The molecule has 0 unspecified atom stereocenters. The van der Waals surface area contributed by atoms with Gasteiger partial charge in [-0.2, -0.15) is 0 Å². The molecule has 8 nitrogen and oxygen atoms in total. The van der Waals surface area contributed by atoms with Crippen LogP contribution in [0.15, 0.2) is 61.3 Å². The molecule has 0 radical (unpaired) electrons. The van der Waals surface area contributed by atoms with Crippen molar-refractivity contribution >= 4 is 5.91 Å². The molecule has 3 aromatic rings. The quantitative estimate of drug-likeness (QED) is 0.537. The Morgan fingerprint density at radius 2 is 1.92 bits per heavy atom. The summed E-state index contributed by atoms with van der Waals surface area (Å²) in [6, 6.07) is 9.03. The Labute approximate surface area is 212 Å². The Morgan fingerprint density at radius 1 is 1.17 bits per heavy atom. The van der Waals surface area contributed by atoms with Gasteiger partial charge in [0.05, 0.1) is 12.6 Å². The van der Waals surface area contributed by atoms with E-state index in [1.54, 1.807) is 35.8 Å². The third kappa shape index (κ3) is 6.25. The second-order valence-corrected chi connectivity index (χ2v) is 9.25. The summed E-state index contributed by atoms with van der Waals surface area (Å²) in [5.41, 5.74) is 2.83. The highest BCUT2D eigenvalue weighted by molar-refractivity contribution is 5.97. The summed E-state index contributed by atoms with van der Waals surface area (Å²) in [6.45, 7) is 5.58. The largest absolute Gasteiger partial charge is 0.472 e. The van der Waals surface area contributed by atoms with Gasteiger partial charge in [0.1, 0.15) is 11.7 Å². The summed E-state index contributed by atoms with van der Waals surface area (Å²) < 4.78 is 6.37. The van der Waals surface area contributed by atoms with Crippen molar-refractivity contribution in [2.45, 2.75) is 32.5 Å². The first kappa shape index (κ1) is 25.3. The maximum Gasteiger partial charge on any atom is 0.259 e. The number of hydrogen-bond donors (Lipinski definition) is 1. The number of carbonyl (C=O) groups is 1. The van der Waals surface area contributed by atoms with E-state index in [1.165, 1.54) is 0 Å². The van der Waals surface area contributed by atoms with Crippen molar-refractivity contribution in [1.82, 2.24) is 24.8 Å². The van der Waals surface area contributed by atoms with Crippen molar-refractivity contribution in [1.29, 1.82) is 0 Å². The number of amides is 1. The Morgan fingerprint density at radius 3 is 2.61 bits per heavy atom. The van der Waals surface area contributed by atoms with Crippen LogP contribution in [0.2, 0.25) is 0 Å². The second-order valence-electron chi connectivity index (χ2n) is 9.25. The first-order chi connectivity index (χ1) is 17.4. The lowest BCUT2D eigenvalue weighted by Gasteiger charge is -2.37. The van der Waals surface area contributed by atoms with Gasteiger partial charge in [0, 0.05) is 67.7 Å². The van der Waals surface area contributed by atoms with Crippen LogP contribution in [-0.4, -0.2) is 74.7 Å². The SMILES string of the molecule is C[C@H]1CN([C@@H](C)CO)C(=O)c2cc(C#Cc3cccnc3)cnc2O[C@H]1CN(C)Cc1cccnc1. The predicted molar refractivity (Wildman–Crippen MR) is 136 cm³/mol. The van der Waals surface area contributed by atoms with Crippen molar-refractivity contribution in [3.05, 3.63) is 83.6 Å². The molecule has 0 saturated heterocycles. The van der Waals surface area contributed by atoms with Gasteiger partial charge >= 0.3 is 0 Å². The van der Waals surface area contributed by atoms with Crippen LogP contribution in [0.1, 0.15) is 40.9 Å². The molecule has 0 fully saturated rings. The minimum atomic E-state index is -0.343. The van der Waals surface area contributed by atoms with E-state index < -0.39 is 0 Å². The number of fused-ring (bicyclic) bond motifs is 1. The van der Waals surface area contributed by atoms with E-state index in [0.717, 1.165) is 17.7 Å². The van der Waals surface area contributed by atoms with Gasteiger partial charge in [0.2, 0.25) is 5.88 Å². The van der Waals surface area contributed by atoms with Crippen LogP contribution >= 0.6 is 0 Å². The topological polar surface area (TPSA) is 91.7 Å². The first-order valence-corrected chi connectivity index (χ1v) is 12.0. The molecule has 0 bridgehead atoms. The Balaban J connectivity index is 1.63. The van der Waals surface area contributed by atoms with Gasteiger partial charge in [-0.15, -0.1) is 0 Å². The maximum absolute atomic E-state index is 13.6. The van der Waals surface area contributed by atoms with Crippen LogP contribution in [0.5, 0.6) is 5.88 Å². The summed E-state index contributed by atoms with van der Waals surface area (Å²) in [5, 5.41) is 9.86. The molecule has 1 aliphatic rings. The third-order valence-corrected chi connectivity index (χ3v) is 6.20. The Bertz CT molecular complexity index is 1230. The summed E-state index contributed by atoms with van der Waals surface area (Å²) in [5.74, 6) is 6.19. The Hall–Kier alpha value is -3.80. The van der Waals surface area contributed by atoms with Gasteiger partial charge in [-0.25, -0.2) is 4.98 Å². The van der Waals surface area contributed by atoms with E-state index in [2.05, 4.69) is 38.6 Å². The molecule has 8 heteroatoms. The molecule has 36 heavy (non-hydrogen) atoms. The molecule has 0 spiro atoms. The van der Waals surface area contributed by atoms with Gasteiger partial charge in [-0.1, -0.05) is 24.8 Å². The van der Waals surface area contributed by atoms with E-state index in [0.29, 0.717) is 24.2 Å². The van der Waals surface area contributed by atoms with E-state index in [4.69, 9.17) is 4.74 Å². The fourth-order valence-corrected chi connectivity index (χ4v) is 4.14. The monoisotopic (exact) mass is 485 g/mol. The summed E-state index contributed by atoms with van der Waals surface area (Å²) >= 11 is 0. The van der Waals surface area contributed by atoms with Crippen molar-refractivity contribution in [2.75, 3.05) is 26.7 Å². The van der Waals surface area contributed by atoms with Crippen molar-refractivity contribution in [3.8, 4) is 17.7 Å². The molecular formula is C28H31N5O3. The van der Waals surface area contributed by atoms with Gasteiger partial charge in [0.15, 0.2) is 0 Å². The van der Waals surface area contributed by atoms with Crippen LogP contribution in [0, 0.1) is 17.8 Å². The molecular weight excluding hydrogens is 454 g/mol. The number of pyridine rings is 3. The number of hydrogen-bond acceptors (Lipinski definition) is 7. The number of ether oxygens (including phenoxy) is 1. The van der Waals surface area contributed by atoms with Crippen molar-refractivity contribution in [2.24, 2.45) is 5.92 Å². The number of nitrogens with zero attached hydrogens (tertiary/aromatic N) is 5. The number of carbonyl (C=O) groups excluding carboxylic acids is 1. The molecule has 0 aromatic carbocycles. The average Bonchev–Trinajstić information content (AvgIpc) is 2.90. The smallest absolute Gasteiger partial charge is 0.259 e. The molecule has 3 atom stereocenters. The average molecular weight is 486 g/mol. The fraction of sp³-hybridized carbons (Fsp3) is 0.357. The number of likely N-dealkylation sites (N-methyl/N-ethyl adjacent to an activating group) is 1. The molecule has 0 saturated carbocycles. The van der Waals surface area contributed by atoms with Crippen molar-refractivity contribution < 1.29 is 14.6 Å². The van der Waals surface area contributed by atoms with Crippen molar-refractivity contribution in [3.63, 3.8) is 0 Å². The van der Waals surface area contributed by atoms with E-state index in [-0.39, 0.29) is 36.5 Å². The second kappa shape index (κ2) is 11.8. The fourth-order valence-electron chi connectivity index (χ4n) is 4.14. The molecule has 4 heterocycles. The van der Waals surface area contributed by atoms with Gasteiger partial charge in [0.25, 0.3) is 5.91 Å². The standard InChI is InChI=1S/C28H31N5O3/c1-20-16-33(21(2)19-34)28(35)25-12-23(9-8-22-6-4-10-29-13-22)15-31-27(25)36-26(20)18-32(3)17-24-7-5-11-30-14-24/h4-7,10-15,20-21,26,34H,16-19H2,1-3H3/t20-,21-,26-/m0/s1. The predicted octanol–water partition coefficient (Wildman–Crippen LogP) is 2.62. The zero-order chi connectivity index (χ0) is 25.5. The van der Waals surface area contributed by atoms with Gasteiger partial charge in [-0.3, -0.25) is 19.7 Å². The van der Waals surface area contributed by atoms with E-state index in [9.17, 15) is 9.90 Å². The lowest BCUT2D eigenvalue weighted by molar-refractivity contribution is 0.0325. The number of aliphatic hydroxyl groups is 1. The zero-order valence-corrected chi connectivity index (χ0v) is 20.8. The molecule has 1 amide bonds. The molecule has 0 aliphatic carbocycles. The lowest BCUT2D eigenvalue weighted by atomic mass is 9.99. The lowest BCUT2D eigenvalue weighted by Crippen LogP contribution is -2.49. The highest BCUT2D eigenvalue weighted by atomic mass is 16.5. The first-order valence-electron chi connectivity index (χ1n) is 12.0. The number of aromatic nitrogens is 3. The third-order valence-electron chi connectivity index (χ3n) is 6.20. The van der Waals surface area contributed by atoms with Crippen LogP contribution in [0.25, 0.3) is 0 Å².